The molecule has 0 saturated heterocycles. The Balaban J connectivity index is 1.33. The molecule has 2 aromatic heterocycles. The molecule has 0 radical (unpaired) electrons. The number of nitrogens with one attached hydrogen (secondary N) is 1. The number of anilines is 1. The smallest absolute Gasteiger partial charge is 0.248 e. The first-order valence-corrected chi connectivity index (χ1v) is 9.12. The van der Waals surface area contributed by atoms with Crippen molar-refractivity contribution in [1.29, 1.82) is 0 Å². The summed E-state index contributed by atoms with van der Waals surface area (Å²) in [5.74, 6) is -1.25. The number of hydrogen-bond donors (Lipinski definition) is 1. The van der Waals surface area contributed by atoms with E-state index in [-0.39, 0.29) is 30.7 Å². The van der Waals surface area contributed by atoms with Crippen LogP contribution in [-0.2, 0) is 24.4 Å². The Kier molecular flexibility index (Phi) is 4.45. The molecule has 1 aliphatic heterocycles. The van der Waals surface area contributed by atoms with E-state index in [4.69, 9.17) is 0 Å². The number of carbonyl (C=O) groups excluding carboxylic acids is 1. The molecule has 0 spiro atoms. The average molecular weight is 379 g/mol. The Morgan fingerprint density at radius 2 is 2.11 bits per heavy atom. The lowest BCUT2D eigenvalue weighted by molar-refractivity contribution is -0.120. The van der Waals surface area contributed by atoms with Gasteiger partial charge in [0.15, 0.2) is 5.82 Å². The van der Waals surface area contributed by atoms with Gasteiger partial charge in [0, 0.05) is 39.0 Å². The minimum Gasteiger partial charge on any atom is -0.299 e. The summed E-state index contributed by atoms with van der Waals surface area (Å²) < 4.78 is 29.3. The van der Waals surface area contributed by atoms with E-state index in [1.54, 1.807) is 23.0 Å². The SMILES string of the molecule is Cc1cc2n(n1)CCC(NCc1ncn(CC3CC(F)(F)C3)n1)C(=O)N2C. The van der Waals surface area contributed by atoms with E-state index in [2.05, 4.69) is 20.5 Å². The molecule has 3 heterocycles. The maximum Gasteiger partial charge on any atom is 0.248 e. The van der Waals surface area contributed by atoms with Gasteiger partial charge >= 0.3 is 0 Å². The molecule has 0 aromatic carbocycles. The Bertz CT molecular complexity index is 838. The highest BCUT2D eigenvalue weighted by Gasteiger charge is 2.45. The number of amides is 1. The van der Waals surface area contributed by atoms with Gasteiger partial charge in [0.1, 0.15) is 12.1 Å². The fraction of sp³-hybridized carbons (Fsp3) is 0.647. The summed E-state index contributed by atoms with van der Waals surface area (Å²) >= 11 is 0. The maximum atomic E-state index is 12.9. The van der Waals surface area contributed by atoms with Crippen LogP contribution in [0, 0.1) is 12.8 Å². The lowest BCUT2D eigenvalue weighted by atomic mass is 9.81. The first kappa shape index (κ1) is 18.0. The molecule has 1 fully saturated rings. The van der Waals surface area contributed by atoms with Crippen LogP contribution < -0.4 is 10.2 Å². The zero-order chi connectivity index (χ0) is 19.2. The molecule has 1 unspecified atom stereocenters. The highest BCUT2D eigenvalue weighted by Crippen LogP contribution is 2.42. The Morgan fingerprint density at radius 1 is 1.33 bits per heavy atom. The molecular formula is C17H23F2N7O. The lowest BCUT2D eigenvalue weighted by Gasteiger charge is -2.34. The minimum atomic E-state index is -2.52. The van der Waals surface area contributed by atoms with E-state index >= 15 is 0 Å². The zero-order valence-corrected chi connectivity index (χ0v) is 15.4. The van der Waals surface area contributed by atoms with Crippen LogP contribution in [0.2, 0.25) is 0 Å². The topological polar surface area (TPSA) is 80.9 Å². The normalized spacial score (nSPS) is 22.4. The van der Waals surface area contributed by atoms with Gasteiger partial charge in [-0.25, -0.2) is 18.4 Å². The monoisotopic (exact) mass is 379 g/mol. The maximum absolute atomic E-state index is 12.9. The van der Waals surface area contributed by atoms with Crippen molar-refractivity contribution in [2.75, 3.05) is 11.9 Å². The average Bonchev–Trinajstić information content (AvgIpc) is 3.16. The Morgan fingerprint density at radius 3 is 2.85 bits per heavy atom. The molecule has 1 atom stereocenters. The second-order valence-electron chi connectivity index (χ2n) is 7.50. The summed E-state index contributed by atoms with van der Waals surface area (Å²) in [6.07, 6.45) is 2.01. The molecule has 4 rings (SSSR count). The third kappa shape index (κ3) is 3.71. The summed E-state index contributed by atoms with van der Waals surface area (Å²) in [5.41, 5.74) is 0.884. The van der Waals surface area contributed by atoms with Gasteiger partial charge in [0.05, 0.1) is 18.3 Å². The van der Waals surface area contributed by atoms with Gasteiger partial charge in [-0.3, -0.25) is 19.7 Å². The molecule has 1 aliphatic carbocycles. The summed E-state index contributed by atoms with van der Waals surface area (Å²) in [7, 11) is 1.75. The summed E-state index contributed by atoms with van der Waals surface area (Å²) in [5, 5.41) is 12.0. The van der Waals surface area contributed by atoms with E-state index in [1.165, 1.54) is 0 Å². The van der Waals surface area contributed by atoms with E-state index in [9.17, 15) is 13.6 Å². The first-order chi connectivity index (χ1) is 12.8. The van der Waals surface area contributed by atoms with Crippen LogP contribution in [0.5, 0.6) is 0 Å². The van der Waals surface area contributed by atoms with Crippen LogP contribution in [0.3, 0.4) is 0 Å². The molecule has 27 heavy (non-hydrogen) atoms. The van der Waals surface area contributed by atoms with Gasteiger partial charge in [0.2, 0.25) is 11.8 Å². The van der Waals surface area contributed by atoms with Crippen molar-refractivity contribution in [3.63, 3.8) is 0 Å². The highest BCUT2D eigenvalue weighted by molar-refractivity contribution is 5.96. The van der Waals surface area contributed by atoms with Gasteiger partial charge in [-0.2, -0.15) is 10.2 Å². The number of aryl methyl sites for hydroxylation is 2. The van der Waals surface area contributed by atoms with Crippen LogP contribution >= 0.6 is 0 Å². The van der Waals surface area contributed by atoms with Crippen molar-refractivity contribution in [1.82, 2.24) is 29.9 Å². The molecular weight excluding hydrogens is 356 g/mol. The Hall–Kier alpha value is -2.36. The lowest BCUT2D eigenvalue weighted by Crippen LogP contribution is -2.44. The summed E-state index contributed by atoms with van der Waals surface area (Å²) in [6, 6.07) is 1.54. The number of aromatic nitrogens is 5. The van der Waals surface area contributed by atoms with Gasteiger partial charge in [-0.1, -0.05) is 0 Å². The molecule has 1 N–H and O–H groups in total. The largest absolute Gasteiger partial charge is 0.299 e. The number of hydrogen-bond acceptors (Lipinski definition) is 5. The second kappa shape index (κ2) is 6.66. The van der Waals surface area contributed by atoms with Crippen molar-refractivity contribution >= 4 is 11.7 Å². The van der Waals surface area contributed by atoms with Crippen molar-refractivity contribution in [3.05, 3.63) is 23.9 Å². The van der Waals surface area contributed by atoms with Crippen LogP contribution in [-0.4, -0.2) is 49.5 Å². The molecule has 2 aromatic rings. The fourth-order valence-corrected chi connectivity index (χ4v) is 3.77. The third-order valence-electron chi connectivity index (χ3n) is 5.19. The third-order valence-corrected chi connectivity index (χ3v) is 5.19. The molecule has 1 saturated carbocycles. The summed E-state index contributed by atoms with van der Waals surface area (Å²) in [4.78, 5) is 18.5. The van der Waals surface area contributed by atoms with Gasteiger partial charge < -0.3 is 0 Å². The van der Waals surface area contributed by atoms with E-state index < -0.39 is 5.92 Å². The quantitative estimate of drug-likeness (QED) is 0.848. The Labute approximate surface area is 155 Å². The van der Waals surface area contributed by atoms with Crippen LogP contribution in [0.4, 0.5) is 14.6 Å². The predicted octanol–water partition coefficient (Wildman–Crippen LogP) is 1.35. The fourth-order valence-electron chi connectivity index (χ4n) is 3.77. The summed E-state index contributed by atoms with van der Waals surface area (Å²) in [6.45, 7) is 3.35. The molecule has 2 aliphatic rings. The number of nitrogens with zero attached hydrogens (tertiary/aromatic N) is 6. The number of rotatable bonds is 5. The number of fused-ring (bicyclic) bond motifs is 1. The molecule has 0 bridgehead atoms. The molecule has 146 valence electrons. The number of likely N-dealkylation sites (N-methyl/N-ethyl adjacent to an activating group) is 1. The highest BCUT2D eigenvalue weighted by atomic mass is 19.3. The number of halogens is 2. The number of carbonyl (C=O) groups is 1. The van der Waals surface area contributed by atoms with Gasteiger partial charge in [0.25, 0.3) is 0 Å². The number of alkyl halides is 2. The van der Waals surface area contributed by atoms with E-state index in [1.807, 2.05) is 17.7 Å². The molecule has 8 nitrogen and oxygen atoms in total. The first-order valence-electron chi connectivity index (χ1n) is 9.12. The standard InChI is InChI=1S/C17H23F2N7O/c1-11-5-15-24(2)16(27)13(3-4-26(15)22-11)20-8-14-21-10-25(23-14)9-12-6-17(18,19)7-12/h5,10,12-13,20H,3-4,6-9H2,1-2H3. The van der Waals surface area contributed by atoms with Crippen molar-refractivity contribution in [2.24, 2.45) is 5.92 Å². The van der Waals surface area contributed by atoms with Crippen LogP contribution in [0.15, 0.2) is 12.4 Å². The van der Waals surface area contributed by atoms with Gasteiger partial charge in [-0.05, 0) is 19.3 Å². The minimum absolute atomic E-state index is 0.0233. The van der Waals surface area contributed by atoms with Crippen LogP contribution in [0.1, 0.15) is 30.8 Å². The van der Waals surface area contributed by atoms with E-state index in [0.29, 0.717) is 31.9 Å². The second-order valence-corrected chi connectivity index (χ2v) is 7.50. The van der Waals surface area contributed by atoms with Gasteiger partial charge in [-0.15, -0.1) is 0 Å². The van der Waals surface area contributed by atoms with Crippen molar-refractivity contribution in [2.45, 2.75) is 57.8 Å². The zero-order valence-electron chi connectivity index (χ0n) is 15.4. The van der Waals surface area contributed by atoms with E-state index in [0.717, 1.165) is 11.5 Å². The predicted molar refractivity (Wildman–Crippen MR) is 93.3 cm³/mol. The van der Waals surface area contributed by atoms with Crippen molar-refractivity contribution < 1.29 is 13.6 Å². The van der Waals surface area contributed by atoms with Crippen LogP contribution in [0.25, 0.3) is 0 Å². The van der Waals surface area contributed by atoms with Crippen molar-refractivity contribution in [3.8, 4) is 0 Å². The molecule has 1 amide bonds. The molecule has 10 heteroatoms.